The maximum absolute atomic E-state index is 14.1. The van der Waals surface area contributed by atoms with Gasteiger partial charge < -0.3 is 15.4 Å². The number of aromatic nitrogens is 2. The highest BCUT2D eigenvalue weighted by Crippen LogP contribution is 2.31. The summed E-state index contributed by atoms with van der Waals surface area (Å²) in [6.45, 7) is 13.5. The molecule has 1 aliphatic rings. The first-order chi connectivity index (χ1) is 17.6. The summed E-state index contributed by atoms with van der Waals surface area (Å²) in [7, 11) is 0. The van der Waals surface area contributed by atoms with Crippen LogP contribution in [0.25, 0.3) is 11.4 Å². The molecule has 37 heavy (non-hydrogen) atoms. The van der Waals surface area contributed by atoms with E-state index in [1.165, 1.54) is 17.7 Å². The number of carbonyl (C=O) groups excluding carboxylic acids is 1. The number of hydrogen-bond acceptors (Lipinski definition) is 6. The van der Waals surface area contributed by atoms with Crippen LogP contribution in [-0.4, -0.2) is 53.5 Å². The molecule has 0 bridgehead atoms. The number of ether oxygens (including phenoxy) is 1. The summed E-state index contributed by atoms with van der Waals surface area (Å²) < 4.78 is 20.5. The SMILES string of the molecule is Cc1ccc(C(C)C)cc1OCc1c(C)nc(-c2cc(F)ccc2C)nc1N1CCN(CC(N)=O)CC1. The van der Waals surface area contributed by atoms with Gasteiger partial charge in [0.2, 0.25) is 5.91 Å². The van der Waals surface area contributed by atoms with E-state index in [2.05, 4.69) is 36.9 Å². The van der Waals surface area contributed by atoms with Crippen molar-refractivity contribution in [3.63, 3.8) is 0 Å². The summed E-state index contributed by atoms with van der Waals surface area (Å²) in [6.07, 6.45) is 0. The number of amides is 1. The third-order valence-corrected chi connectivity index (χ3v) is 6.93. The van der Waals surface area contributed by atoms with E-state index in [4.69, 9.17) is 20.4 Å². The van der Waals surface area contributed by atoms with Crippen molar-refractivity contribution in [1.82, 2.24) is 14.9 Å². The van der Waals surface area contributed by atoms with Crippen LogP contribution < -0.4 is 15.4 Å². The lowest BCUT2D eigenvalue weighted by molar-refractivity contribution is -0.119. The monoisotopic (exact) mass is 505 g/mol. The second-order valence-electron chi connectivity index (χ2n) is 10.1. The fourth-order valence-electron chi connectivity index (χ4n) is 4.59. The Hall–Kier alpha value is -3.52. The number of carbonyl (C=O) groups is 1. The van der Waals surface area contributed by atoms with Gasteiger partial charge in [-0.05, 0) is 61.6 Å². The third-order valence-electron chi connectivity index (χ3n) is 6.93. The number of aryl methyl sites for hydroxylation is 3. The number of anilines is 1. The molecule has 4 rings (SSSR count). The zero-order valence-corrected chi connectivity index (χ0v) is 22.3. The zero-order valence-electron chi connectivity index (χ0n) is 22.3. The Morgan fingerprint density at radius 1 is 1.03 bits per heavy atom. The normalized spacial score (nSPS) is 14.3. The Balaban J connectivity index is 1.69. The molecule has 7 nitrogen and oxygen atoms in total. The second-order valence-corrected chi connectivity index (χ2v) is 10.1. The molecule has 0 unspecified atom stereocenters. The fraction of sp³-hybridized carbons (Fsp3) is 0.414. The molecule has 1 saturated heterocycles. The molecular weight excluding hydrogens is 469 g/mol. The molecule has 3 aromatic rings. The number of nitrogens with two attached hydrogens (primary N) is 1. The second kappa shape index (κ2) is 11.3. The largest absolute Gasteiger partial charge is 0.488 e. The maximum Gasteiger partial charge on any atom is 0.231 e. The van der Waals surface area contributed by atoms with E-state index in [-0.39, 0.29) is 18.3 Å². The van der Waals surface area contributed by atoms with Crippen molar-refractivity contribution in [2.45, 2.75) is 47.1 Å². The molecule has 2 heterocycles. The maximum atomic E-state index is 14.1. The molecule has 1 aromatic heterocycles. The predicted molar refractivity (Wildman–Crippen MR) is 144 cm³/mol. The highest BCUT2D eigenvalue weighted by Gasteiger charge is 2.24. The molecule has 0 radical (unpaired) electrons. The summed E-state index contributed by atoms with van der Waals surface area (Å²) >= 11 is 0. The zero-order chi connectivity index (χ0) is 26.7. The molecule has 1 fully saturated rings. The lowest BCUT2D eigenvalue weighted by Crippen LogP contribution is -2.49. The van der Waals surface area contributed by atoms with Gasteiger partial charge in [-0.2, -0.15) is 0 Å². The van der Waals surface area contributed by atoms with Crippen LogP contribution in [0, 0.1) is 26.6 Å². The smallest absolute Gasteiger partial charge is 0.231 e. The van der Waals surface area contributed by atoms with Crippen LogP contribution in [0.3, 0.4) is 0 Å². The molecule has 0 saturated carbocycles. The minimum absolute atomic E-state index is 0.242. The topological polar surface area (TPSA) is 84.6 Å². The Bertz CT molecular complexity index is 1290. The van der Waals surface area contributed by atoms with Crippen molar-refractivity contribution in [3.05, 3.63) is 70.2 Å². The minimum atomic E-state index is -0.330. The molecule has 1 amide bonds. The van der Waals surface area contributed by atoms with Crippen LogP contribution in [-0.2, 0) is 11.4 Å². The quantitative estimate of drug-likeness (QED) is 0.485. The summed E-state index contributed by atoms with van der Waals surface area (Å²) in [5, 5.41) is 0. The van der Waals surface area contributed by atoms with E-state index < -0.39 is 0 Å². The fourth-order valence-corrected chi connectivity index (χ4v) is 4.59. The minimum Gasteiger partial charge on any atom is -0.488 e. The van der Waals surface area contributed by atoms with Crippen LogP contribution in [0.2, 0.25) is 0 Å². The standard InChI is InChI=1S/C29H36FN5O2/c1-18(2)22-8-6-20(4)26(14-22)37-17-25-21(5)32-28(24-15-23(30)9-7-19(24)3)33-29(25)35-12-10-34(11-13-35)16-27(31)36/h6-9,14-15,18H,10-13,16-17H2,1-5H3,(H2,31,36). The number of primary amides is 1. The van der Waals surface area contributed by atoms with Gasteiger partial charge in [0.25, 0.3) is 0 Å². The van der Waals surface area contributed by atoms with Crippen molar-refractivity contribution in [1.29, 1.82) is 0 Å². The van der Waals surface area contributed by atoms with Gasteiger partial charge in [0.15, 0.2) is 5.82 Å². The summed E-state index contributed by atoms with van der Waals surface area (Å²) in [5.74, 6) is 1.86. The van der Waals surface area contributed by atoms with E-state index in [0.29, 0.717) is 50.1 Å². The number of piperazine rings is 1. The van der Waals surface area contributed by atoms with Gasteiger partial charge in [-0.1, -0.05) is 32.0 Å². The van der Waals surface area contributed by atoms with Gasteiger partial charge >= 0.3 is 0 Å². The first-order valence-electron chi connectivity index (χ1n) is 12.8. The predicted octanol–water partition coefficient (Wildman–Crippen LogP) is 4.52. The lowest BCUT2D eigenvalue weighted by Gasteiger charge is -2.36. The summed E-state index contributed by atoms with van der Waals surface area (Å²) in [5.41, 5.74) is 11.0. The van der Waals surface area contributed by atoms with Crippen molar-refractivity contribution in [2.24, 2.45) is 5.73 Å². The number of benzene rings is 2. The molecule has 0 aliphatic carbocycles. The van der Waals surface area contributed by atoms with Gasteiger partial charge in [0.05, 0.1) is 17.8 Å². The molecule has 2 aromatic carbocycles. The van der Waals surface area contributed by atoms with Gasteiger partial charge in [-0.3, -0.25) is 9.69 Å². The van der Waals surface area contributed by atoms with Gasteiger partial charge in [-0.25, -0.2) is 14.4 Å². The molecule has 196 valence electrons. The van der Waals surface area contributed by atoms with E-state index in [1.54, 1.807) is 6.07 Å². The first kappa shape index (κ1) is 26.5. The van der Waals surface area contributed by atoms with Gasteiger partial charge in [0, 0.05) is 31.7 Å². The Labute approximate surface area is 218 Å². The summed E-state index contributed by atoms with van der Waals surface area (Å²) in [6, 6.07) is 11.0. The van der Waals surface area contributed by atoms with Crippen molar-refractivity contribution >= 4 is 11.7 Å². The van der Waals surface area contributed by atoms with Crippen LogP contribution in [0.4, 0.5) is 10.2 Å². The Morgan fingerprint density at radius 2 is 1.73 bits per heavy atom. The van der Waals surface area contributed by atoms with Crippen LogP contribution >= 0.6 is 0 Å². The first-order valence-corrected chi connectivity index (χ1v) is 12.8. The highest BCUT2D eigenvalue weighted by molar-refractivity contribution is 5.76. The van der Waals surface area contributed by atoms with Gasteiger partial charge in [-0.15, -0.1) is 0 Å². The van der Waals surface area contributed by atoms with Gasteiger partial charge in [0.1, 0.15) is 24.0 Å². The van der Waals surface area contributed by atoms with Crippen LogP contribution in [0.15, 0.2) is 36.4 Å². The Morgan fingerprint density at radius 3 is 2.41 bits per heavy atom. The van der Waals surface area contributed by atoms with Crippen molar-refractivity contribution < 1.29 is 13.9 Å². The average molecular weight is 506 g/mol. The number of rotatable bonds is 8. The van der Waals surface area contributed by atoms with Crippen molar-refractivity contribution in [2.75, 3.05) is 37.6 Å². The van der Waals surface area contributed by atoms with E-state index in [1.807, 2.05) is 25.7 Å². The van der Waals surface area contributed by atoms with Crippen LogP contribution in [0.1, 0.15) is 47.7 Å². The number of halogens is 1. The number of nitrogens with zero attached hydrogens (tertiary/aromatic N) is 4. The Kier molecular flexibility index (Phi) is 8.07. The third kappa shape index (κ3) is 6.25. The lowest BCUT2D eigenvalue weighted by atomic mass is 10.0. The van der Waals surface area contributed by atoms with E-state index in [0.717, 1.165) is 34.0 Å². The molecule has 1 aliphatic heterocycles. The van der Waals surface area contributed by atoms with Crippen LogP contribution in [0.5, 0.6) is 5.75 Å². The highest BCUT2D eigenvalue weighted by atomic mass is 19.1. The molecule has 8 heteroatoms. The molecule has 0 atom stereocenters. The molecule has 0 spiro atoms. The molecular formula is C29H36FN5O2. The van der Waals surface area contributed by atoms with E-state index >= 15 is 0 Å². The summed E-state index contributed by atoms with van der Waals surface area (Å²) in [4.78, 5) is 25.4. The average Bonchev–Trinajstić information content (AvgIpc) is 2.85. The number of hydrogen-bond donors (Lipinski definition) is 1. The van der Waals surface area contributed by atoms with Crippen molar-refractivity contribution in [3.8, 4) is 17.1 Å². The molecule has 2 N–H and O–H groups in total. The van der Waals surface area contributed by atoms with E-state index in [9.17, 15) is 9.18 Å².